The van der Waals surface area contributed by atoms with Crippen molar-refractivity contribution in [3.63, 3.8) is 0 Å². The van der Waals surface area contributed by atoms with Gasteiger partial charge < -0.3 is 56.5 Å². The van der Waals surface area contributed by atoms with E-state index in [1.165, 1.54) is 29.2 Å². The molecule has 0 saturated carbocycles. The minimum Gasteiger partial charge on any atom is -0.493 e. The van der Waals surface area contributed by atoms with Crippen molar-refractivity contribution >= 4 is 41.4 Å². The van der Waals surface area contributed by atoms with Crippen molar-refractivity contribution in [2.45, 2.75) is 116 Å². The maximum Gasteiger partial charge on any atom is 0.251 e. The van der Waals surface area contributed by atoms with Gasteiger partial charge in [0.05, 0.1) is 37.9 Å². The van der Waals surface area contributed by atoms with Crippen LogP contribution in [0.4, 0.5) is 0 Å². The number of hydrogen-bond acceptors (Lipinski definition) is 11. The number of amides is 7. The van der Waals surface area contributed by atoms with Gasteiger partial charge in [0.2, 0.25) is 29.5 Å². The average molecular weight is 964 g/mol. The van der Waals surface area contributed by atoms with Crippen molar-refractivity contribution in [1.29, 1.82) is 0 Å². The Hall–Kier alpha value is -6.53. The number of likely N-dealkylation sites (N-methyl/N-ethyl adjacent to an activating group) is 2. The van der Waals surface area contributed by atoms with Crippen molar-refractivity contribution in [3.05, 3.63) is 95.1 Å². The van der Waals surface area contributed by atoms with Gasteiger partial charge in [0, 0.05) is 60.3 Å². The largest absolute Gasteiger partial charge is 0.493 e. The Bertz CT molecular complexity index is 2430. The summed E-state index contributed by atoms with van der Waals surface area (Å²) >= 11 is 0. The molecular formula is C52H69N9O9. The van der Waals surface area contributed by atoms with E-state index >= 15 is 0 Å². The maximum atomic E-state index is 14.5. The molecule has 0 bridgehead atoms. The van der Waals surface area contributed by atoms with Crippen molar-refractivity contribution in [3.8, 4) is 11.5 Å². The molecular weight excluding hydrogens is 895 g/mol. The summed E-state index contributed by atoms with van der Waals surface area (Å²) in [6, 6.07) is 15.9. The van der Waals surface area contributed by atoms with Crippen LogP contribution in [0.3, 0.4) is 0 Å². The van der Waals surface area contributed by atoms with Crippen molar-refractivity contribution < 1.29 is 43.0 Å². The van der Waals surface area contributed by atoms with Crippen LogP contribution in [0.5, 0.6) is 11.5 Å². The molecule has 4 heterocycles. The molecule has 4 aliphatic heterocycles. The lowest BCUT2D eigenvalue weighted by molar-refractivity contribution is -0.144. The number of rotatable bonds is 14. The third-order valence-electron chi connectivity index (χ3n) is 13.6. The minimum atomic E-state index is -0.972. The first-order chi connectivity index (χ1) is 33.3. The van der Waals surface area contributed by atoms with E-state index in [4.69, 9.17) is 9.47 Å². The third kappa shape index (κ3) is 11.7. The first-order valence-electron chi connectivity index (χ1n) is 24.3. The second-order valence-corrected chi connectivity index (χ2v) is 20.9. The van der Waals surface area contributed by atoms with Crippen LogP contribution in [0.15, 0.2) is 72.8 Å². The monoisotopic (exact) mass is 964 g/mol. The van der Waals surface area contributed by atoms with Crippen LogP contribution in [-0.4, -0.2) is 134 Å². The van der Waals surface area contributed by atoms with Gasteiger partial charge in [0.15, 0.2) is 0 Å². The molecule has 8 atom stereocenters. The summed E-state index contributed by atoms with van der Waals surface area (Å²) in [5, 5.41) is 21.1. The number of ether oxygens (including phenoxy) is 2. The lowest BCUT2D eigenvalue weighted by Gasteiger charge is -2.36. The van der Waals surface area contributed by atoms with Crippen LogP contribution in [0, 0.1) is 10.8 Å². The van der Waals surface area contributed by atoms with Gasteiger partial charge in [-0.2, -0.15) is 0 Å². The molecule has 0 radical (unpaired) electrons. The molecule has 0 aliphatic carbocycles. The van der Waals surface area contributed by atoms with E-state index in [0.717, 1.165) is 11.1 Å². The zero-order valence-electron chi connectivity index (χ0n) is 41.5. The summed E-state index contributed by atoms with van der Waals surface area (Å²) < 4.78 is 11.6. The number of carbonyl (C=O) groups excluding carboxylic acids is 7. The standard InChI is InChI=1S/C52H69N9O9/c1-51(2,3)43(54-8)49(67)60-28-32(25-38(60)47(65)57-36-21-23-69-40-15-11-9-13-34(36)40)55-45(63)30-17-19-31(20-18-30)46(64)56-33-26-39(48(66)58-37-22-24-70-41-16-12-10-14-35(37)41)61(29-33)50(68)44(52(4,5)6)59-42(62)27-53-7/h9-20,32-33,36-39,43-44,53-54H,21-29H2,1-8H3,(H,55,63)(H,56,64)(H,57,65)(H,58,66)(H,59,62)/t32?,33?,36?,37?,38?,39-,43?,44?/m0/s1. The Balaban J connectivity index is 1.03. The van der Waals surface area contributed by atoms with Gasteiger partial charge >= 0.3 is 0 Å². The zero-order chi connectivity index (χ0) is 50.5. The highest BCUT2D eigenvalue weighted by molar-refractivity contribution is 5.99. The molecule has 7 amide bonds. The number of benzene rings is 3. The summed E-state index contributed by atoms with van der Waals surface area (Å²) in [4.78, 5) is 100. The van der Waals surface area contributed by atoms with E-state index in [-0.39, 0.29) is 79.3 Å². The van der Waals surface area contributed by atoms with Crippen LogP contribution < -0.4 is 46.7 Å². The first kappa shape index (κ1) is 51.3. The quantitative estimate of drug-likeness (QED) is 0.124. The fourth-order valence-corrected chi connectivity index (χ4v) is 9.98. The van der Waals surface area contributed by atoms with E-state index < -0.39 is 64.8 Å². The Morgan fingerprint density at radius 2 is 1.00 bits per heavy atom. The highest BCUT2D eigenvalue weighted by Crippen LogP contribution is 2.35. The van der Waals surface area contributed by atoms with Crippen LogP contribution in [0.2, 0.25) is 0 Å². The van der Waals surface area contributed by atoms with Crippen LogP contribution in [0.25, 0.3) is 0 Å². The zero-order valence-corrected chi connectivity index (χ0v) is 41.5. The number of nitrogens with zero attached hydrogens (tertiary/aromatic N) is 2. The highest BCUT2D eigenvalue weighted by Gasteiger charge is 2.47. The summed E-state index contributed by atoms with van der Waals surface area (Å²) in [5.74, 6) is -1.30. The highest BCUT2D eigenvalue weighted by atomic mass is 16.5. The fourth-order valence-electron chi connectivity index (χ4n) is 9.98. The molecule has 3 aromatic rings. The molecule has 7 unspecified atom stereocenters. The molecule has 70 heavy (non-hydrogen) atoms. The predicted octanol–water partition coefficient (Wildman–Crippen LogP) is 2.75. The van der Waals surface area contributed by atoms with Crippen LogP contribution in [0.1, 0.15) is 111 Å². The topological polar surface area (TPSA) is 229 Å². The summed E-state index contributed by atoms with van der Waals surface area (Å²) in [5.41, 5.74) is 1.02. The van der Waals surface area contributed by atoms with E-state index in [0.29, 0.717) is 37.6 Å². The number of para-hydroxylation sites is 2. The Morgan fingerprint density at radius 1 is 0.586 bits per heavy atom. The molecule has 0 aromatic heterocycles. The molecule has 18 heteroatoms. The summed E-state index contributed by atoms with van der Waals surface area (Å²) in [6.45, 7) is 12.3. The van der Waals surface area contributed by atoms with E-state index in [2.05, 4.69) is 37.2 Å². The SMILES string of the molecule is CNCC(=O)NC(C(=O)N1CC(NC(=O)c2ccc(C(=O)NC3CC(C(=O)NC4CCOc5ccccc54)N(C(=O)C(NC)C(C)(C)C)C3)cc2)C[C@H]1C(=O)NC1CCOc2ccccc21)C(C)(C)C. The van der Waals surface area contributed by atoms with Gasteiger partial charge in [0.1, 0.15) is 29.6 Å². The molecule has 4 aliphatic rings. The minimum absolute atomic E-state index is 0.00621. The number of nitrogens with one attached hydrogen (secondary N) is 7. The van der Waals surface area contributed by atoms with Gasteiger partial charge in [-0.25, -0.2) is 0 Å². The van der Waals surface area contributed by atoms with E-state index in [1.807, 2.05) is 90.1 Å². The summed E-state index contributed by atoms with van der Waals surface area (Å²) in [6.07, 6.45) is 1.40. The molecule has 376 valence electrons. The van der Waals surface area contributed by atoms with Crippen molar-refractivity contribution in [2.24, 2.45) is 10.8 Å². The molecule has 0 spiro atoms. The lowest BCUT2D eigenvalue weighted by Crippen LogP contribution is -2.58. The third-order valence-corrected chi connectivity index (χ3v) is 13.6. The van der Waals surface area contributed by atoms with Crippen molar-refractivity contribution in [1.82, 2.24) is 47.0 Å². The Morgan fingerprint density at radius 3 is 1.40 bits per heavy atom. The fraction of sp³-hybridized carbons (Fsp3) is 0.519. The van der Waals surface area contributed by atoms with E-state index in [9.17, 15) is 33.6 Å². The van der Waals surface area contributed by atoms with Gasteiger partial charge in [-0.15, -0.1) is 0 Å². The average Bonchev–Trinajstić information content (AvgIpc) is 3.95. The first-order valence-corrected chi connectivity index (χ1v) is 24.3. The number of likely N-dealkylation sites (tertiary alicyclic amines) is 2. The second-order valence-electron chi connectivity index (χ2n) is 20.9. The number of hydrogen-bond donors (Lipinski definition) is 7. The maximum absolute atomic E-state index is 14.5. The second kappa shape index (κ2) is 21.6. The molecule has 18 nitrogen and oxygen atoms in total. The lowest BCUT2D eigenvalue weighted by atomic mass is 9.85. The molecule has 7 rings (SSSR count). The molecule has 7 N–H and O–H groups in total. The Kier molecular flexibility index (Phi) is 15.9. The molecule has 3 aromatic carbocycles. The molecule has 2 fully saturated rings. The van der Waals surface area contributed by atoms with Crippen molar-refractivity contribution in [2.75, 3.05) is 46.9 Å². The van der Waals surface area contributed by atoms with Gasteiger partial charge in [-0.05, 0) is 74.2 Å². The predicted molar refractivity (Wildman–Crippen MR) is 262 cm³/mol. The van der Waals surface area contributed by atoms with E-state index in [1.54, 1.807) is 19.0 Å². The van der Waals surface area contributed by atoms with Crippen LogP contribution in [-0.2, 0) is 24.0 Å². The van der Waals surface area contributed by atoms with Gasteiger partial charge in [0.25, 0.3) is 11.8 Å². The van der Waals surface area contributed by atoms with Crippen LogP contribution >= 0.6 is 0 Å². The number of carbonyl (C=O) groups is 7. The smallest absolute Gasteiger partial charge is 0.251 e. The number of fused-ring (bicyclic) bond motifs is 2. The van der Waals surface area contributed by atoms with Gasteiger partial charge in [-0.3, -0.25) is 33.6 Å². The molecule has 2 saturated heterocycles. The normalized spacial score (nSPS) is 22.7. The van der Waals surface area contributed by atoms with Gasteiger partial charge in [-0.1, -0.05) is 77.9 Å². The Labute approximate surface area is 410 Å². The summed E-state index contributed by atoms with van der Waals surface area (Å²) in [7, 11) is 3.35.